The Morgan fingerprint density at radius 3 is 1.35 bits per heavy atom. The molecule has 14 heteroatoms. The zero-order valence-corrected chi connectivity index (χ0v) is 60.5. The van der Waals surface area contributed by atoms with Gasteiger partial charge >= 0.3 is 0 Å². The third-order valence-corrected chi connectivity index (χ3v) is 25.0. The summed E-state index contributed by atoms with van der Waals surface area (Å²) < 4.78 is 15.8. The Kier molecular flexibility index (Phi) is 18.5. The molecule has 21 aromatic rings. The Morgan fingerprint density at radius 1 is 0.235 bits per heavy atom. The monoisotopic (exact) mass is 1390 g/mol. The summed E-state index contributed by atoms with van der Waals surface area (Å²) in [5, 5.41) is 13.2. The first-order chi connectivity index (χ1) is 47.9. The number of nitrogens with zero attached hydrogens (tertiary/aromatic N) is 7. The zero-order valence-electron chi connectivity index (χ0n) is 54.7. The van der Waals surface area contributed by atoms with E-state index in [1.165, 1.54) is 138 Å². The Morgan fingerprint density at radius 2 is 0.653 bits per heavy atom. The van der Waals surface area contributed by atoms with Crippen LogP contribution in [0.5, 0.6) is 0 Å². The van der Waals surface area contributed by atoms with E-state index >= 15 is 0 Å². The average molecular weight is 1390 g/mol. The molecule has 0 radical (unpaired) electrons. The van der Waals surface area contributed by atoms with Crippen molar-refractivity contribution in [2.75, 3.05) is 0 Å². The molecule has 476 valence electrons. The molecule has 0 atom stereocenters. The topological polar surface area (TPSA) is 90.2 Å². The van der Waals surface area contributed by atoms with E-state index in [9.17, 15) is 0 Å². The smallest absolute Gasteiger partial charge is 0.143 e. The van der Waals surface area contributed by atoms with Gasteiger partial charge in [0.15, 0.2) is 0 Å². The molecule has 0 saturated heterocycles. The highest BCUT2D eigenvalue weighted by Gasteiger charge is 2.12. The van der Waals surface area contributed by atoms with Crippen molar-refractivity contribution in [3.05, 3.63) is 295 Å². The van der Waals surface area contributed by atoms with Gasteiger partial charge in [0.2, 0.25) is 0 Å². The third kappa shape index (κ3) is 13.4. The van der Waals surface area contributed by atoms with Crippen LogP contribution in [-0.2, 0) is 0 Å². The molecule has 0 aliphatic carbocycles. The molecule has 0 N–H and O–H groups in total. The molecule has 12 aromatic heterocycles. The number of hydrogen-bond donors (Lipinski definition) is 0. The first-order valence-corrected chi connectivity index (χ1v) is 37.8. The van der Waals surface area contributed by atoms with Crippen molar-refractivity contribution >= 4 is 221 Å². The van der Waals surface area contributed by atoms with E-state index in [0.717, 1.165) is 43.1 Å². The number of rotatable bonds is 0. The highest BCUT2D eigenvalue weighted by atomic mass is 32.1. The van der Waals surface area contributed by atoms with Crippen molar-refractivity contribution in [3.63, 3.8) is 0 Å². The quantitative estimate of drug-likeness (QED) is 0.149. The Hall–Kier alpha value is -9.87. The summed E-state index contributed by atoms with van der Waals surface area (Å²) in [6.07, 6.45) is 8.83. The molecule has 0 aliphatic rings. The lowest BCUT2D eigenvalue weighted by Crippen LogP contribution is -1.81. The maximum Gasteiger partial charge on any atom is 0.143 e. The van der Waals surface area contributed by atoms with Crippen LogP contribution in [0.3, 0.4) is 0 Å². The van der Waals surface area contributed by atoms with Gasteiger partial charge in [0.05, 0.1) is 36.3 Å². The molecule has 0 amide bonds. The molecule has 7 nitrogen and oxygen atoms in total. The molecule has 0 unspecified atom stereocenters. The van der Waals surface area contributed by atoms with Crippen LogP contribution in [0.25, 0.3) is 142 Å². The number of benzene rings is 9. The standard InChI is InChI=1S/2C13H10S.3C12H9NS.2C11H8N2S/c1-9-5-4-7-11-10-6-2-3-8-12(10)14-13(9)11;1-9-6-7-13-11(8-9)10-4-2-3-5-12(10)14-13;1-8-4-5-10-9(7-8)12-11(14-10)3-2-6-13-12;1-8-4-5-11-10(7-8)9-3-2-6-13-12(9)14-11;1-8-6-7-11-12(13-8)9-4-2-3-5-10(9)14-11;1-7-2-3-9-8(6-7)10-11(14-9)13-5-4-12-10;1-7-11-10(13-6-12-7)8-4-2-3-5-9(8)14-11/h2*2-8H,1H3;3*2-7H,1H3;2*2-6H,1H3. The van der Waals surface area contributed by atoms with Gasteiger partial charge in [-0.25, -0.2) is 19.9 Å². The minimum absolute atomic E-state index is 1.02. The SMILES string of the molecule is Cc1ccc2sc3ccccc3c2c1.Cc1ccc2sc3ccccc3c2n1.Cc1ccc2sc3cccnc3c2c1.Cc1ccc2sc3ncccc3c2c1.Cc1ccc2sc3nccnc3c2c1.Cc1cccc2c1sc1ccccc12.Cc1ncnc2c1sc1ccccc12. The maximum absolute atomic E-state index is 4.57. The lowest BCUT2D eigenvalue weighted by Gasteiger charge is -1.93. The van der Waals surface area contributed by atoms with Crippen LogP contribution < -0.4 is 0 Å². The van der Waals surface area contributed by atoms with Crippen LogP contribution in [-0.4, -0.2) is 34.9 Å². The van der Waals surface area contributed by atoms with Gasteiger partial charge in [0, 0.05) is 127 Å². The molecular weight excluding hydrogens is 1330 g/mol. The third-order valence-electron chi connectivity index (χ3n) is 16.9. The Balaban J connectivity index is 0.0000000933. The molecular formula is C84H63N7S7. The predicted octanol–water partition coefficient (Wildman–Crippen LogP) is 26.3. The lowest BCUT2D eigenvalue weighted by atomic mass is 10.1. The van der Waals surface area contributed by atoms with E-state index in [-0.39, 0.29) is 0 Å². The van der Waals surface area contributed by atoms with E-state index in [0.29, 0.717) is 0 Å². The van der Waals surface area contributed by atoms with Gasteiger partial charge in [0.25, 0.3) is 0 Å². The van der Waals surface area contributed by atoms with Crippen molar-refractivity contribution in [3.8, 4) is 0 Å². The minimum atomic E-state index is 1.02. The van der Waals surface area contributed by atoms with Gasteiger partial charge < -0.3 is 0 Å². The molecule has 0 aliphatic heterocycles. The maximum atomic E-state index is 4.57. The van der Waals surface area contributed by atoms with Crippen LogP contribution in [0.1, 0.15) is 39.2 Å². The van der Waals surface area contributed by atoms with E-state index in [4.69, 9.17) is 0 Å². The fourth-order valence-electron chi connectivity index (χ4n) is 12.1. The van der Waals surface area contributed by atoms with Gasteiger partial charge in [0.1, 0.15) is 21.5 Å². The summed E-state index contributed by atoms with van der Waals surface area (Å²) in [6.45, 7) is 14.7. The Labute approximate surface area is 594 Å². The summed E-state index contributed by atoms with van der Waals surface area (Å²) in [5.41, 5.74) is 13.1. The largest absolute Gasteiger partial charge is 0.255 e. The van der Waals surface area contributed by atoms with E-state index < -0.39 is 0 Å². The fourth-order valence-corrected chi connectivity index (χ4v) is 19.6. The zero-order chi connectivity index (χ0) is 66.8. The minimum Gasteiger partial charge on any atom is -0.255 e. The molecule has 21 rings (SSSR count). The highest BCUT2D eigenvalue weighted by molar-refractivity contribution is 7.28. The van der Waals surface area contributed by atoms with Gasteiger partial charge in [-0.2, -0.15) is 0 Å². The van der Waals surface area contributed by atoms with Gasteiger partial charge in [-0.05, 0) is 163 Å². The second-order valence-corrected chi connectivity index (χ2v) is 31.4. The second kappa shape index (κ2) is 28.3. The fraction of sp³-hybridized carbons (Fsp3) is 0.0833. The lowest BCUT2D eigenvalue weighted by molar-refractivity contribution is 1.16. The van der Waals surface area contributed by atoms with Crippen molar-refractivity contribution in [1.29, 1.82) is 0 Å². The predicted molar refractivity (Wildman–Crippen MR) is 433 cm³/mol. The number of thiophene rings is 7. The normalized spacial score (nSPS) is 11.2. The van der Waals surface area contributed by atoms with Crippen LogP contribution >= 0.6 is 79.4 Å². The average Bonchev–Trinajstić information content (AvgIpc) is 1.56. The van der Waals surface area contributed by atoms with E-state index in [2.05, 4.69) is 276 Å². The second-order valence-electron chi connectivity index (χ2n) is 24.0. The van der Waals surface area contributed by atoms with Crippen LogP contribution in [0.4, 0.5) is 0 Å². The van der Waals surface area contributed by atoms with Gasteiger partial charge in [-0.3, -0.25) is 15.0 Å². The molecule has 9 aromatic carbocycles. The summed E-state index contributed by atoms with van der Waals surface area (Å²) in [4.78, 5) is 32.7. The number of pyridine rings is 3. The summed E-state index contributed by atoms with van der Waals surface area (Å²) in [6, 6.07) is 79.2. The summed E-state index contributed by atoms with van der Waals surface area (Å²) >= 11 is 12.6. The van der Waals surface area contributed by atoms with Crippen LogP contribution in [0, 0.1) is 48.5 Å². The van der Waals surface area contributed by atoms with Crippen molar-refractivity contribution in [2.45, 2.75) is 48.5 Å². The number of aromatic nitrogens is 7. The van der Waals surface area contributed by atoms with Crippen molar-refractivity contribution in [1.82, 2.24) is 34.9 Å². The highest BCUT2D eigenvalue weighted by Crippen LogP contribution is 2.39. The number of hydrogen-bond acceptors (Lipinski definition) is 14. The summed E-state index contributed by atoms with van der Waals surface area (Å²) in [5.74, 6) is 0. The Bertz CT molecular complexity index is 5670. The number of fused-ring (bicyclic) bond motifs is 21. The molecule has 0 fully saturated rings. The first-order valence-electron chi connectivity index (χ1n) is 32.1. The first kappa shape index (κ1) is 64.1. The van der Waals surface area contributed by atoms with Gasteiger partial charge in [-0.1, -0.05) is 138 Å². The molecule has 0 saturated carbocycles. The van der Waals surface area contributed by atoms with E-state index in [1.807, 2.05) is 89.8 Å². The molecule has 98 heavy (non-hydrogen) atoms. The molecule has 0 spiro atoms. The van der Waals surface area contributed by atoms with Gasteiger partial charge in [-0.15, -0.1) is 79.4 Å². The van der Waals surface area contributed by atoms with E-state index in [1.54, 1.807) is 52.7 Å². The van der Waals surface area contributed by atoms with Crippen molar-refractivity contribution in [2.24, 2.45) is 0 Å². The molecule has 12 heterocycles. The van der Waals surface area contributed by atoms with Crippen LogP contribution in [0.2, 0.25) is 0 Å². The number of aryl methyl sites for hydroxylation is 7. The van der Waals surface area contributed by atoms with Crippen LogP contribution in [0.15, 0.2) is 256 Å². The summed E-state index contributed by atoms with van der Waals surface area (Å²) in [7, 11) is 0. The molecule has 0 bridgehead atoms. The van der Waals surface area contributed by atoms with Crippen molar-refractivity contribution < 1.29 is 0 Å².